The molecule has 0 unspecified atom stereocenters. The van der Waals surface area contributed by atoms with Gasteiger partial charge in [-0.1, -0.05) is 15.9 Å². The van der Waals surface area contributed by atoms with E-state index in [9.17, 15) is 9.18 Å². The second-order valence-corrected chi connectivity index (χ2v) is 8.16. The molecule has 1 saturated heterocycles. The average Bonchev–Trinajstić information content (AvgIpc) is 3.25. The van der Waals surface area contributed by atoms with Crippen molar-refractivity contribution in [2.24, 2.45) is 0 Å². The van der Waals surface area contributed by atoms with Crippen LogP contribution in [0.25, 0.3) is 16.6 Å². The number of hydrogen-bond donors (Lipinski definition) is 1. The number of hydrogen-bond acceptors (Lipinski definition) is 3. The lowest BCUT2D eigenvalue weighted by atomic mass is 10.2. The second-order valence-electron chi connectivity index (χ2n) is 7.24. The van der Waals surface area contributed by atoms with Crippen LogP contribution in [-0.4, -0.2) is 46.5 Å². The zero-order valence-corrected chi connectivity index (χ0v) is 17.6. The number of amides is 2. The quantitative estimate of drug-likeness (QED) is 0.463. The number of aromatic nitrogens is 2. The smallest absolute Gasteiger partial charge is 0.321 e. The number of carbonyl (C=O) groups is 1. The topological polar surface area (TPSA) is 52.9 Å². The zero-order valence-electron chi connectivity index (χ0n) is 16.1. The number of nitrogens with zero attached hydrogens (tertiary/aromatic N) is 4. The number of rotatable bonds is 2. The van der Waals surface area contributed by atoms with E-state index >= 15 is 0 Å². The zero-order chi connectivity index (χ0) is 20.7. The van der Waals surface area contributed by atoms with E-state index in [0.29, 0.717) is 31.9 Å². The summed E-state index contributed by atoms with van der Waals surface area (Å²) >= 11 is 3.53. The van der Waals surface area contributed by atoms with E-state index in [4.69, 9.17) is 4.98 Å². The third kappa shape index (κ3) is 3.47. The van der Waals surface area contributed by atoms with Crippen LogP contribution >= 0.6 is 15.9 Å². The van der Waals surface area contributed by atoms with E-state index in [2.05, 4.69) is 42.7 Å². The van der Waals surface area contributed by atoms with Gasteiger partial charge in [-0.3, -0.25) is 0 Å². The molecule has 8 heteroatoms. The molecular weight excluding hydrogens is 449 g/mol. The van der Waals surface area contributed by atoms with Crippen molar-refractivity contribution in [3.8, 4) is 0 Å². The molecule has 152 valence electrons. The molecule has 1 aliphatic rings. The highest BCUT2D eigenvalue weighted by molar-refractivity contribution is 9.10. The number of benzene rings is 2. The molecular formula is C22H19BrFN5O. The summed E-state index contributed by atoms with van der Waals surface area (Å²) in [4.78, 5) is 21.5. The predicted octanol–water partition coefficient (Wildman–Crippen LogP) is 4.74. The van der Waals surface area contributed by atoms with E-state index in [1.54, 1.807) is 17.0 Å². The molecule has 0 saturated carbocycles. The minimum atomic E-state index is -0.326. The molecule has 6 nitrogen and oxygen atoms in total. The van der Waals surface area contributed by atoms with Gasteiger partial charge in [0.2, 0.25) is 0 Å². The fraction of sp³-hybridized carbons (Fsp3) is 0.182. The largest absolute Gasteiger partial charge is 0.351 e. The molecule has 30 heavy (non-hydrogen) atoms. The van der Waals surface area contributed by atoms with Gasteiger partial charge in [0.15, 0.2) is 5.82 Å². The third-order valence-corrected chi connectivity index (χ3v) is 5.86. The van der Waals surface area contributed by atoms with Crippen LogP contribution in [0.4, 0.5) is 20.7 Å². The van der Waals surface area contributed by atoms with Crippen molar-refractivity contribution >= 4 is 50.0 Å². The lowest BCUT2D eigenvalue weighted by molar-refractivity contribution is 0.208. The molecule has 0 bridgehead atoms. The number of fused-ring (bicyclic) bond motifs is 3. The maximum absolute atomic E-state index is 13.1. The third-order valence-electron chi connectivity index (χ3n) is 5.36. The Morgan fingerprint density at radius 3 is 2.53 bits per heavy atom. The average molecular weight is 468 g/mol. The predicted molar refractivity (Wildman–Crippen MR) is 120 cm³/mol. The first-order valence-electron chi connectivity index (χ1n) is 9.71. The molecule has 3 heterocycles. The van der Waals surface area contributed by atoms with Crippen LogP contribution in [-0.2, 0) is 0 Å². The van der Waals surface area contributed by atoms with Crippen LogP contribution in [0.15, 0.2) is 65.3 Å². The number of nitrogens with one attached hydrogen (secondary N) is 1. The van der Waals surface area contributed by atoms with Gasteiger partial charge in [0.1, 0.15) is 5.82 Å². The van der Waals surface area contributed by atoms with Crippen LogP contribution < -0.4 is 10.2 Å². The molecule has 2 aromatic carbocycles. The first kappa shape index (κ1) is 18.9. The van der Waals surface area contributed by atoms with Crippen LogP contribution in [0.5, 0.6) is 0 Å². The summed E-state index contributed by atoms with van der Waals surface area (Å²) in [5.74, 6) is 0.595. The number of anilines is 2. The Hall–Kier alpha value is -3.13. The lowest BCUT2D eigenvalue weighted by Gasteiger charge is -2.35. The van der Waals surface area contributed by atoms with Gasteiger partial charge in [-0.05, 0) is 54.6 Å². The van der Waals surface area contributed by atoms with Crippen LogP contribution in [0, 0.1) is 5.82 Å². The number of halogens is 2. The fourth-order valence-corrected chi connectivity index (χ4v) is 4.17. The molecule has 2 aromatic heterocycles. The molecule has 0 aliphatic carbocycles. The second kappa shape index (κ2) is 7.60. The molecule has 2 amide bonds. The van der Waals surface area contributed by atoms with Crippen LogP contribution in [0.2, 0.25) is 0 Å². The van der Waals surface area contributed by atoms with Gasteiger partial charge in [0, 0.05) is 42.5 Å². The van der Waals surface area contributed by atoms with E-state index in [-0.39, 0.29) is 11.8 Å². The maximum Gasteiger partial charge on any atom is 0.321 e. The van der Waals surface area contributed by atoms with E-state index in [1.807, 2.05) is 24.4 Å². The van der Waals surface area contributed by atoms with Crippen LogP contribution in [0.3, 0.4) is 0 Å². The number of carbonyl (C=O) groups excluding carboxylic acids is 1. The van der Waals surface area contributed by atoms with E-state index in [1.165, 1.54) is 12.1 Å². The van der Waals surface area contributed by atoms with Gasteiger partial charge >= 0.3 is 6.03 Å². The summed E-state index contributed by atoms with van der Waals surface area (Å²) in [5.41, 5.74) is 3.60. The highest BCUT2D eigenvalue weighted by atomic mass is 79.9. The van der Waals surface area contributed by atoms with Crippen molar-refractivity contribution in [2.45, 2.75) is 0 Å². The summed E-state index contributed by atoms with van der Waals surface area (Å²) < 4.78 is 16.2. The Balaban J connectivity index is 1.35. The van der Waals surface area contributed by atoms with Gasteiger partial charge in [-0.25, -0.2) is 14.2 Å². The molecule has 1 N–H and O–H groups in total. The molecule has 1 fully saturated rings. The molecule has 1 aliphatic heterocycles. The molecule has 0 atom stereocenters. The van der Waals surface area contributed by atoms with Crippen molar-refractivity contribution in [1.29, 1.82) is 0 Å². The van der Waals surface area contributed by atoms with Gasteiger partial charge in [-0.2, -0.15) is 0 Å². The summed E-state index contributed by atoms with van der Waals surface area (Å²) in [7, 11) is 0. The standard InChI is InChI=1S/C22H19BrFN5O/c23-15-3-8-19-18(14-15)26-21(20-2-1-9-29(19)20)27-10-12-28(13-11-27)22(30)25-17-6-4-16(24)5-7-17/h1-9,14H,10-13H2,(H,25,30). The van der Waals surface area contributed by atoms with E-state index < -0.39 is 0 Å². The highest BCUT2D eigenvalue weighted by Gasteiger charge is 2.24. The molecule has 0 spiro atoms. The van der Waals surface area contributed by atoms with Crippen LogP contribution in [0.1, 0.15) is 0 Å². The molecule has 5 rings (SSSR count). The summed E-state index contributed by atoms with van der Waals surface area (Å²) in [6, 6.07) is 15.8. The normalized spacial score (nSPS) is 14.5. The van der Waals surface area contributed by atoms with Gasteiger partial charge in [0.25, 0.3) is 0 Å². The van der Waals surface area contributed by atoms with Crippen molar-refractivity contribution in [2.75, 3.05) is 36.4 Å². The molecule has 4 aromatic rings. The van der Waals surface area contributed by atoms with Crippen molar-refractivity contribution in [1.82, 2.24) is 14.3 Å². The number of urea groups is 1. The Labute approximate surface area is 181 Å². The lowest BCUT2D eigenvalue weighted by Crippen LogP contribution is -2.50. The Morgan fingerprint density at radius 2 is 1.77 bits per heavy atom. The first-order chi connectivity index (χ1) is 14.6. The fourth-order valence-electron chi connectivity index (χ4n) is 3.82. The maximum atomic E-state index is 13.1. The van der Waals surface area contributed by atoms with Crippen molar-refractivity contribution in [3.63, 3.8) is 0 Å². The highest BCUT2D eigenvalue weighted by Crippen LogP contribution is 2.28. The van der Waals surface area contributed by atoms with Gasteiger partial charge in [-0.15, -0.1) is 0 Å². The summed E-state index contributed by atoms with van der Waals surface area (Å²) in [6.45, 7) is 2.53. The Kier molecular flexibility index (Phi) is 4.78. The minimum Gasteiger partial charge on any atom is -0.351 e. The van der Waals surface area contributed by atoms with Gasteiger partial charge < -0.3 is 19.5 Å². The summed E-state index contributed by atoms with van der Waals surface area (Å²) in [6.07, 6.45) is 2.04. The first-order valence-corrected chi connectivity index (χ1v) is 10.5. The Morgan fingerprint density at radius 1 is 1.00 bits per heavy atom. The molecule has 0 radical (unpaired) electrons. The Bertz CT molecular complexity index is 1230. The van der Waals surface area contributed by atoms with Crippen molar-refractivity contribution in [3.05, 3.63) is 71.1 Å². The summed E-state index contributed by atoms with van der Waals surface area (Å²) in [5, 5.41) is 2.83. The number of piperazine rings is 1. The van der Waals surface area contributed by atoms with Gasteiger partial charge in [0.05, 0.1) is 16.6 Å². The van der Waals surface area contributed by atoms with E-state index in [0.717, 1.165) is 26.8 Å². The monoisotopic (exact) mass is 467 g/mol. The van der Waals surface area contributed by atoms with Crippen molar-refractivity contribution < 1.29 is 9.18 Å². The SMILES string of the molecule is O=C(Nc1ccc(F)cc1)N1CCN(c2nc3cc(Br)ccc3n3cccc23)CC1. The minimum absolute atomic E-state index is 0.176.